The number of halogens is 1. The molecule has 0 spiro atoms. The van der Waals surface area contributed by atoms with Crippen LogP contribution in [0.1, 0.15) is 16.1 Å². The lowest BCUT2D eigenvalue weighted by atomic mass is 10.3. The Hall–Kier alpha value is -1.49. The normalized spacial score (nSPS) is 10.3. The van der Waals surface area contributed by atoms with Gasteiger partial charge in [0.2, 0.25) is 0 Å². The molecule has 2 aromatic heterocycles. The van der Waals surface area contributed by atoms with Crippen LogP contribution in [-0.2, 0) is 0 Å². The second kappa shape index (κ2) is 3.94. The molecule has 5 heteroatoms. The molecule has 0 amide bonds. The Bertz CT molecular complexity index is 507. The fraction of sp³-hybridized carbons (Fsp3) is 0.100. The molecule has 15 heavy (non-hydrogen) atoms. The van der Waals surface area contributed by atoms with E-state index in [1.807, 2.05) is 13.0 Å². The van der Waals surface area contributed by atoms with Crippen molar-refractivity contribution in [3.05, 3.63) is 34.2 Å². The summed E-state index contributed by atoms with van der Waals surface area (Å²) in [6, 6.07) is 1.95. The average Bonchev–Trinajstić information content (AvgIpc) is 2.66. The van der Waals surface area contributed by atoms with E-state index in [2.05, 4.69) is 30.9 Å². The van der Waals surface area contributed by atoms with Gasteiger partial charge in [-0.25, -0.2) is 4.98 Å². The zero-order valence-electron chi connectivity index (χ0n) is 7.99. The highest BCUT2D eigenvalue weighted by molar-refractivity contribution is 9.10. The predicted molar refractivity (Wildman–Crippen MR) is 59.6 cm³/mol. The quantitative estimate of drug-likeness (QED) is 0.849. The van der Waals surface area contributed by atoms with Crippen molar-refractivity contribution < 1.29 is 4.79 Å². The SMILES string of the molecule is Cc1cnc(-c2ncc(C=O)[nH]2)c(Br)c1. The molecule has 0 bridgehead atoms. The van der Waals surface area contributed by atoms with Gasteiger partial charge in [0.25, 0.3) is 0 Å². The Balaban J connectivity index is 2.49. The Labute approximate surface area is 94.9 Å². The summed E-state index contributed by atoms with van der Waals surface area (Å²) in [6.45, 7) is 1.96. The number of nitrogens with one attached hydrogen (secondary N) is 1. The Kier molecular flexibility index (Phi) is 2.64. The standard InChI is InChI=1S/C10H8BrN3O/c1-6-2-8(11)9(12-3-6)10-13-4-7(5-15)14-10/h2-5H,1H3,(H,13,14). The zero-order chi connectivity index (χ0) is 10.8. The van der Waals surface area contributed by atoms with Gasteiger partial charge >= 0.3 is 0 Å². The van der Waals surface area contributed by atoms with Crippen LogP contribution in [0.5, 0.6) is 0 Å². The molecule has 0 fully saturated rings. The third kappa shape index (κ3) is 1.97. The maximum Gasteiger partial charge on any atom is 0.167 e. The van der Waals surface area contributed by atoms with Crippen LogP contribution in [0, 0.1) is 6.92 Å². The first kappa shape index (κ1) is 10.0. The number of carbonyl (C=O) groups is 1. The van der Waals surface area contributed by atoms with E-state index < -0.39 is 0 Å². The molecule has 0 aliphatic heterocycles. The second-order valence-electron chi connectivity index (χ2n) is 3.15. The van der Waals surface area contributed by atoms with E-state index in [-0.39, 0.29) is 0 Å². The summed E-state index contributed by atoms with van der Waals surface area (Å²) in [6.07, 6.45) is 3.96. The maximum absolute atomic E-state index is 10.5. The summed E-state index contributed by atoms with van der Waals surface area (Å²) in [5.41, 5.74) is 2.21. The van der Waals surface area contributed by atoms with Crippen LogP contribution in [0.15, 0.2) is 22.9 Å². The zero-order valence-corrected chi connectivity index (χ0v) is 9.58. The van der Waals surface area contributed by atoms with E-state index in [1.165, 1.54) is 6.20 Å². The number of aldehydes is 1. The molecule has 0 saturated carbocycles. The minimum atomic E-state index is 0.444. The predicted octanol–water partition coefficient (Wildman–Crippen LogP) is 2.36. The Morgan fingerprint density at radius 3 is 2.80 bits per heavy atom. The smallest absolute Gasteiger partial charge is 0.167 e. The van der Waals surface area contributed by atoms with Crippen molar-refractivity contribution in [2.24, 2.45) is 0 Å². The number of carbonyl (C=O) groups excluding carboxylic acids is 1. The first-order valence-electron chi connectivity index (χ1n) is 4.33. The number of imidazole rings is 1. The lowest BCUT2D eigenvalue weighted by Gasteiger charge is -2.00. The molecule has 0 atom stereocenters. The summed E-state index contributed by atoms with van der Waals surface area (Å²) < 4.78 is 0.856. The molecule has 76 valence electrons. The number of aromatic nitrogens is 3. The van der Waals surface area contributed by atoms with Crippen molar-refractivity contribution in [3.63, 3.8) is 0 Å². The van der Waals surface area contributed by atoms with Crippen molar-refractivity contribution >= 4 is 22.2 Å². The fourth-order valence-electron chi connectivity index (χ4n) is 1.22. The number of pyridine rings is 1. The lowest BCUT2D eigenvalue weighted by molar-refractivity contribution is 0.111. The summed E-state index contributed by atoms with van der Waals surface area (Å²) in [5.74, 6) is 0.587. The number of aryl methyl sites for hydroxylation is 1. The molecular formula is C10H8BrN3O. The van der Waals surface area contributed by atoms with E-state index in [0.717, 1.165) is 16.3 Å². The third-order valence-corrected chi connectivity index (χ3v) is 2.53. The van der Waals surface area contributed by atoms with E-state index in [0.29, 0.717) is 17.2 Å². The number of hydrogen-bond donors (Lipinski definition) is 1. The number of nitrogens with zero attached hydrogens (tertiary/aromatic N) is 2. The topological polar surface area (TPSA) is 58.6 Å². The average molecular weight is 266 g/mol. The summed E-state index contributed by atoms with van der Waals surface area (Å²) in [5, 5.41) is 0. The molecule has 0 aliphatic rings. The Morgan fingerprint density at radius 1 is 1.40 bits per heavy atom. The first-order chi connectivity index (χ1) is 7.20. The van der Waals surface area contributed by atoms with Crippen LogP contribution in [0.25, 0.3) is 11.5 Å². The van der Waals surface area contributed by atoms with Crippen LogP contribution in [-0.4, -0.2) is 21.2 Å². The molecule has 0 unspecified atom stereocenters. The molecule has 4 nitrogen and oxygen atoms in total. The second-order valence-corrected chi connectivity index (χ2v) is 4.00. The van der Waals surface area contributed by atoms with Crippen molar-refractivity contribution in [1.29, 1.82) is 0 Å². The van der Waals surface area contributed by atoms with Gasteiger partial charge in [-0.05, 0) is 34.5 Å². The van der Waals surface area contributed by atoms with E-state index in [4.69, 9.17) is 0 Å². The van der Waals surface area contributed by atoms with Crippen LogP contribution >= 0.6 is 15.9 Å². The molecule has 0 aliphatic carbocycles. The van der Waals surface area contributed by atoms with E-state index >= 15 is 0 Å². The molecule has 2 heterocycles. The molecular weight excluding hydrogens is 258 g/mol. The van der Waals surface area contributed by atoms with Gasteiger partial charge in [0.1, 0.15) is 5.69 Å². The van der Waals surface area contributed by atoms with Gasteiger partial charge in [0.05, 0.1) is 11.9 Å². The van der Waals surface area contributed by atoms with Crippen molar-refractivity contribution in [2.45, 2.75) is 6.92 Å². The van der Waals surface area contributed by atoms with E-state index in [9.17, 15) is 4.79 Å². The van der Waals surface area contributed by atoms with Crippen LogP contribution in [0.4, 0.5) is 0 Å². The minimum absolute atomic E-state index is 0.444. The largest absolute Gasteiger partial charge is 0.334 e. The van der Waals surface area contributed by atoms with Gasteiger partial charge in [0.15, 0.2) is 12.1 Å². The number of H-pyrrole nitrogens is 1. The first-order valence-corrected chi connectivity index (χ1v) is 5.12. The Morgan fingerprint density at radius 2 is 2.20 bits per heavy atom. The van der Waals surface area contributed by atoms with Gasteiger partial charge in [-0.3, -0.25) is 9.78 Å². The highest BCUT2D eigenvalue weighted by atomic mass is 79.9. The number of aromatic amines is 1. The van der Waals surface area contributed by atoms with Crippen molar-refractivity contribution in [3.8, 4) is 11.5 Å². The highest BCUT2D eigenvalue weighted by Crippen LogP contribution is 2.23. The summed E-state index contributed by atoms with van der Waals surface area (Å²) in [4.78, 5) is 21.7. The monoisotopic (exact) mass is 265 g/mol. The van der Waals surface area contributed by atoms with Crippen molar-refractivity contribution in [1.82, 2.24) is 15.0 Å². The van der Waals surface area contributed by atoms with Gasteiger partial charge in [-0.15, -0.1) is 0 Å². The van der Waals surface area contributed by atoms with Crippen molar-refractivity contribution in [2.75, 3.05) is 0 Å². The van der Waals surface area contributed by atoms with Crippen LogP contribution in [0.2, 0.25) is 0 Å². The lowest BCUT2D eigenvalue weighted by Crippen LogP contribution is -1.89. The molecule has 2 aromatic rings. The number of hydrogen-bond acceptors (Lipinski definition) is 3. The van der Waals surface area contributed by atoms with Gasteiger partial charge in [0, 0.05) is 10.7 Å². The third-order valence-electron chi connectivity index (χ3n) is 1.92. The summed E-state index contributed by atoms with van der Waals surface area (Å²) in [7, 11) is 0. The fourth-order valence-corrected chi connectivity index (χ4v) is 1.87. The molecule has 1 N–H and O–H groups in total. The maximum atomic E-state index is 10.5. The molecule has 0 radical (unpaired) electrons. The highest BCUT2D eigenvalue weighted by Gasteiger charge is 2.08. The number of rotatable bonds is 2. The van der Waals surface area contributed by atoms with Gasteiger partial charge in [-0.2, -0.15) is 0 Å². The minimum Gasteiger partial charge on any atom is -0.334 e. The van der Waals surface area contributed by atoms with Crippen LogP contribution < -0.4 is 0 Å². The molecule has 0 aromatic carbocycles. The van der Waals surface area contributed by atoms with Gasteiger partial charge in [-0.1, -0.05) is 0 Å². The van der Waals surface area contributed by atoms with Crippen LogP contribution in [0.3, 0.4) is 0 Å². The summed E-state index contributed by atoms with van der Waals surface area (Å²) >= 11 is 3.40. The van der Waals surface area contributed by atoms with E-state index in [1.54, 1.807) is 6.20 Å². The molecule has 2 rings (SSSR count). The molecule has 0 saturated heterocycles. The van der Waals surface area contributed by atoms with Gasteiger partial charge < -0.3 is 4.98 Å².